The van der Waals surface area contributed by atoms with Crippen molar-refractivity contribution in [2.24, 2.45) is 5.41 Å². The molecule has 1 unspecified atom stereocenters. The summed E-state index contributed by atoms with van der Waals surface area (Å²) in [5, 5.41) is 13.2. The smallest absolute Gasteiger partial charge is 0.137 e. The van der Waals surface area contributed by atoms with Crippen molar-refractivity contribution < 1.29 is 4.74 Å². The molecule has 0 spiro atoms. The minimum absolute atomic E-state index is 0.0332. The van der Waals surface area contributed by atoms with Gasteiger partial charge >= 0.3 is 0 Å². The molecular formula is C14H17ClN2O. The van der Waals surface area contributed by atoms with Gasteiger partial charge < -0.3 is 10.1 Å². The standard InChI is InChI=1S/C14H17ClN2O/c1-9-6-12(18-3)11(15)7-10(9)13(17-2)14(8-16)4-5-14/h6-7,13,17H,4-5H2,1-3H3. The molecule has 4 heteroatoms. The van der Waals surface area contributed by atoms with Gasteiger partial charge in [-0.15, -0.1) is 0 Å². The van der Waals surface area contributed by atoms with Gasteiger partial charge in [-0.3, -0.25) is 0 Å². The van der Waals surface area contributed by atoms with E-state index < -0.39 is 0 Å². The highest BCUT2D eigenvalue weighted by Crippen LogP contribution is 2.55. The number of benzene rings is 1. The summed E-state index contributed by atoms with van der Waals surface area (Å²) >= 11 is 6.18. The minimum atomic E-state index is -0.266. The number of hydrogen-bond donors (Lipinski definition) is 1. The lowest BCUT2D eigenvalue weighted by Crippen LogP contribution is -2.26. The molecule has 3 nitrogen and oxygen atoms in total. The molecule has 0 aliphatic heterocycles. The molecule has 0 heterocycles. The fourth-order valence-corrected chi connectivity index (χ4v) is 2.72. The van der Waals surface area contributed by atoms with Crippen molar-refractivity contribution in [2.45, 2.75) is 25.8 Å². The first-order valence-corrected chi connectivity index (χ1v) is 6.38. The summed E-state index contributed by atoms with van der Waals surface area (Å²) < 4.78 is 5.20. The molecule has 1 saturated carbocycles. The summed E-state index contributed by atoms with van der Waals surface area (Å²) in [7, 11) is 3.49. The first kappa shape index (κ1) is 13.2. The zero-order valence-electron chi connectivity index (χ0n) is 10.9. The van der Waals surface area contributed by atoms with Gasteiger partial charge in [-0.1, -0.05) is 11.6 Å². The number of nitrogens with one attached hydrogen (secondary N) is 1. The predicted octanol–water partition coefficient (Wildman–Crippen LogP) is 3.22. The topological polar surface area (TPSA) is 45.0 Å². The van der Waals surface area contributed by atoms with E-state index in [2.05, 4.69) is 11.4 Å². The first-order chi connectivity index (χ1) is 8.57. The van der Waals surface area contributed by atoms with Gasteiger partial charge in [0.25, 0.3) is 0 Å². The zero-order chi connectivity index (χ0) is 13.3. The molecule has 1 aliphatic carbocycles. The molecule has 1 fully saturated rings. The van der Waals surface area contributed by atoms with Crippen molar-refractivity contribution in [1.29, 1.82) is 5.26 Å². The zero-order valence-corrected chi connectivity index (χ0v) is 11.6. The molecular weight excluding hydrogens is 248 g/mol. The molecule has 1 N–H and O–H groups in total. The number of nitrogens with zero attached hydrogens (tertiary/aromatic N) is 1. The summed E-state index contributed by atoms with van der Waals surface area (Å²) in [6.07, 6.45) is 1.89. The van der Waals surface area contributed by atoms with Gasteiger partial charge in [-0.2, -0.15) is 5.26 Å². The molecule has 2 rings (SSSR count). The highest BCUT2D eigenvalue weighted by Gasteiger charge is 2.50. The summed E-state index contributed by atoms with van der Waals surface area (Å²) in [6, 6.07) is 6.31. The van der Waals surface area contributed by atoms with E-state index in [1.807, 2.05) is 26.1 Å². The third-order valence-electron chi connectivity index (χ3n) is 3.70. The van der Waals surface area contributed by atoms with Gasteiger partial charge in [0.2, 0.25) is 0 Å². The third-order valence-corrected chi connectivity index (χ3v) is 4.00. The molecule has 1 atom stereocenters. The van der Waals surface area contributed by atoms with Crippen molar-refractivity contribution in [1.82, 2.24) is 5.32 Å². The van der Waals surface area contributed by atoms with Gasteiger partial charge in [-0.05, 0) is 50.1 Å². The van der Waals surface area contributed by atoms with Gasteiger partial charge in [0.15, 0.2) is 0 Å². The predicted molar refractivity (Wildman–Crippen MR) is 71.8 cm³/mol. The number of methoxy groups -OCH3 is 1. The molecule has 0 radical (unpaired) electrons. The molecule has 1 aromatic rings. The Kier molecular flexibility index (Phi) is 3.52. The lowest BCUT2D eigenvalue weighted by molar-refractivity contribution is 0.412. The fourth-order valence-electron chi connectivity index (χ4n) is 2.47. The number of rotatable bonds is 4. The Morgan fingerprint density at radius 1 is 1.50 bits per heavy atom. The number of aryl methyl sites for hydroxylation is 1. The Morgan fingerprint density at radius 3 is 2.61 bits per heavy atom. The van der Waals surface area contributed by atoms with E-state index in [1.54, 1.807) is 7.11 Å². The van der Waals surface area contributed by atoms with Crippen LogP contribution in [0.3, 0.4) is 0 Å². The number of nitriles is 1. The quantitative estimate of drug-likeness (QED) is 0.908. The molecule has 0 bridgehead atoms. The van der Waals surface area contributed by atoms with Crippen molar-refractivity contribution in [3.8, 4) is 11.8 Å². The second-order valence-corrected chi connectivity index (χ2v) is 5.24. The van der Waals surface area contributed by atoms with Gasteiger partial charge in [0.1, 0.15) is 5.75 Å². The lowest BCUT2D eigenvalue weighted by atomic mass is 9.88. The van der Waals surface area contributed by atoms with Crippen LogP contribution in [-0.4, -0.2) is 14.2 Å². The Bertz CT molecular complexity index is 503. The molecule has 18 heavy (non-hydrogen) atoms. The Morgan fingerprint density at radius 2 is 2.17 bits per heavy atom. The van der Waals surface area contributed by atoms with Gasteiger partial charge in [0, 0.05) is 0 Å². The van der Waals surface area contributed by atoms with Crippen LogP contribution < -0.4 is 10.1 Å². The van der Waals surface area contributed by atoms with Crippen molar-refractivity contribution in [3.05, 3.63) is 28.3 Å². The van der Waals surface area contributed by atoms with Gasteiger partial charge in [-0.25, -0.2) is 0 Å². The summed E-state index contributed by atoms with van der Waals surface area (Å²) in [5.74, 6) is 0.676. The minimum Gasteiger partial charge on any atom is -0.495 e. The average Bonchev–Trinajstić information content (AvgIpc) is 3.15. The first-order valence-electron chi connectivity index (χ1n) is 6.00. The highest BCUT2D eigenvalue weighted by atomic mass is 35.5. The SMILES string of the molecule is CNC(c1cc(Cl)c(OC)cc1C)C1(C#N)CC1. The maximum absolute atomic E-state index is 9.33. The van der Waals surface area contributed by atoms with E-state index in [4.69, 9.17) is 16.3 Å². The number of ether oxygens (including phenoxy) is 1. The normalized spacial score (nSPS) is 17.9. The monoisotopic (exact) mass is 264 g/mol. The largest absolute Gasteiger partial charge is 0.495 e. The maximum Gasteiger partial charge on any atom is 0.137 e. The van der Waals surface area contributed by atoms with Crippen molar-refractivity contribution >= 4 is 11.6 Å². The second-order valence-electron chi connectivity index (χ2n) is 4.83. The highest BCUT2D eigenvalue weighted by molar-refractivity contribution is 6.32. The molecule has 0 amide bonds. The number of hydrogen-bond acceptors (Lipinski definition) is 3. The Balaban J connectivity index is 2.44. The molecule has 0 saturated heterocycles. The summed E-state index contributed by atoms with van der Waals surface area (Å²) in [6.45, 7) is 2.02. The van der Waals surface area contributed by atoms with Crippen LogP contribution in [0.15, 0.2) is 12.1 Å². The number of halogens is 1. The summed E-state index contributed by atoms with van der Waals surface area (Å²) in [5.41, 5.74) is 1.91. The maximum atomic E-state index is 9.33. The Labute approximate surface area is 113 Å². The van der Waals surface area contributed by atoms with Crippen LogP contribution in [0.5, 0.6) is 5.75 Å². The van der Waals surface area contributed by atoms with E-state index in [0.29, 0.717) is 10.8 Å². The van der Waals surface area contributed by atoms with Crippen LogP contribution in [-0.2, 0) is 0 Å². The van der Waals surface area contributed by atoms with E-state index in [9.17, 15) is 5.26 Å². The van der Waals surface area contributed by atoms with E-state index in [0.717, 1.165) is 24.0 Å². The molecule has 1 aromatic carbocycles. The van der Waals surface area contributed by atoms with Crippen LogP contribution in [0.25, 0.3) is 0 Å². The van der Waals surface area contributed by atoms with Crippen LogP contribution in [0.1, 0.15) is 30.0 Å². The molecule has 0 aromatic heterocycles. The third kappa shape index (κ3) is 2.07. The fraction of sp³-hybridized carbons (Fsp3) is 0.500. The van der Waals surface area contributed by atoms with E-state index in [-0.39, 0.29) is 11.5 Å². The molecule has 96 valence electrons. The van der Waals surface area contributed by atoms with Gasteiger partial charge in [0.05, 0.1) is 29.7 Å². The second kappa shape index (κ2) is 4.79. The van der Waals surface area contributed by atoms with E-state index >= 15 is 0 Å². The average molecular weight is 265 g/mol. The van der Waals surface area contributed by atoms with Crippen LogP contribution in [0, 0.1) is 23.7 Å². The lowest BCUT2D eigenvalue weighted by Gasteiger charge is -2.24. The Hall–Kier alpha value is -1.24. The van der Waals surface area contributed by atoms with Crippen LogP contribution in [0.2, 0.25) is 5.02 Å². The van der Waals surface area contributed by atoms with E-state index in [1.165, 1.54) is 0 Å². The molecule has 1 aliphatic rings. The van der Waals surface area contributed by atoms with Crippen LogP contribution in [0.4, 0.5) is 0 Å². The van der Waals surface area contributed by atoms with Crippen LogP contribution >= 0.6 is 11.6 Å². The summed E-state index contributed by atoms with van der Waals surface area (Å²) in [4.78, 5) is 0. The van der Waals surface area contributed by atoms with Crippen molar-refractivity contribution in [2.75, 3.05) is 14.2 Å². The van der Waals surface area contributed by atoms with Crippen molar-refractivity contribution in [3.63, 3.8) is 0 Å².